The van der Waals surface area contributed by atoms with E-state index in [2.05, 4.69) is 0 Å². The number of benzene rings is 1. The summed E-state index contributed by atoms with van der Waals surface area (Å²) in [5, 5.41) is 24.3. The first-order valence-corrected chi connectivity index (χ1v) is 8.28. The van der Waals surface area contributed by atoms with Crippen LogP contribution in [0.25, 0.3) is 0 Å². The lowest BCUT2D eigenvalue weighted by atomic mass is 9.65. The predicted octanol–water partition coefficient (Wildman–Crippen LogP) is 1.63. The molecule has 0 saturated heterocycles. The fraction of sp³-hybridized carbons (Fsp3) is 0.556. The molecule has 4 atom stereocenters. The number of aliphatic hydroxyl groups is 1. The third kappa shape index (κ3) is 1.96. The Morgan fingerprint density at radius 2 is 2.17 bits per heavy atom. The molecule has 0 aromatic heterocycles. The Morgan fingerprint density at radius 3 is 2.96 bits per heavy atom. The number of esters is 1. The van der Waals surface area contributed by atoms with Gasteiger partial charge in [-0.3, -0.25) is 0 Å². The van der Waals surface area contributed by atoms with Crippen molar-refractivity contribution in [3.8, 4) is 0 Å². The molecule has 1 aromatic rings. The van der Waals surface area contributed by atoms with E-state index in [1.54, 1.807) is 0 Å². The molecule has 5 heteroatoms. The summed E-state index contributed by atoms with van der Waals surface area (Å²) in [5.41, 5.74) is 1.65. The zero-order valence-electron chi connectivity index (χ0n) is 13.2. The van der Waals surface area contributed by atoms with Crippen molar-refractivity contribution in [2.24, 2.45) is 11.8 Å². The third-order valence-electron chi connectivity index (χ3n) is 5.91. The van der Waals surface area contributed by atoms with Crippen LogP contribution < -0.4 is 0 Å². The zero-order valence-corrected chi connectivity index (χ0v) is 13.2. The molecule has 0 bridgehead atoms. The smallest absolute Gasteiger partial charge is 0.376 e. The average Bonchev–Trinajstić information content (AvgIpc) is 2.78. The van der Waals surface area contributed by atoms with Gasteiger partial charge in [0.1, 0.15) is 0 Å². The number of hydrogen-bond donors (Lipinski definition) is 1. The Labute approximate surface area is 135 Å². The molecule has 1 fully saturated rings. The molecular formula is C18H21NO4. The van der Waals surface area contributed by atoms with Crippen LogP contribution in [0.1, 0.15) is 36.8 Å². The quantitative estimate of drug-likeness (QED) is 0.486. The van der Waals surface area contributed by atoms with Gasteiger partial charge in [-0.1, -0.05) is 18.2 Å². The second-order valence-electron chi connectivity index (χ2n) is 6.97. The average molecular weight is 315 g/mol. The summed E-state index contributed by atoms with van der Waals surface area (Å²) >= 11 is 0. The van der Waals surface area contributed by atoms with Crippen LogP contribution in [0.15, 0.2) is 24.3 Å². The van der Waals surface area contributed by atoms with E-state index in [-0.39, 0.29) is 11.8 Å². The van der Waals surface area contributed by atoms with Crippen molar-refractivity contribution in [1.29, 1.82) is 0 Å². The molecule has 0 spiro atoms. The molecule has 2 aliphatic carbocycles. The van der Waals surface area contributed by atoms with Gasteiger partial charge in [0.05, 0.1) is 18.6 Å². The van der Waals surface area contributed by atoms with E-state index in [4.69, 9.17) is 4.74 Å². The standard InChI is InChI=1S/C18H21NO4/c1-23-17(20)16-13-7-4-9-18(21)10-8-11-5-2-3-6-12(11)15(14(13)18)19(16)22/h2-3,5-6,13-14,16,21H,4,7-10H2,1H3/t13-,14-,16-,18+/m0/s1. The molecule has 5 nitrogen and oxygen atoms in total. The molecule has 3 aliphatic rings. The maximum Gasteiger partial charge on any atom is 0.376 e. The van der Waals surface area contributed by atoms with Gasteiger partial charge in [0.25, 0.3) is 6.04 Å². The molecule has 23 heavy (non-hydrogen) atoms. The minimum Gasteiger partial charge on any atom is -0.623 e. The van der Waals surface area contributed by atoms with E-state index in [1.807, 2.05) is 24.3 Å². The summed E-state index contributed by atoms with van der Waals surface area (Å²) in [5.74, 6) is -0.936. The van der Waals surface area contributed by atoms with E-state index in [0.29, 0.717) is 18.6 Å². The van der Waals surface area contributed by atoms with Gasteiger partial charge in [0.2, 0.25) is 5.71 Å². The van der Waals surface area contributed by atoms with E-state index in [0.717, 1.165) is 35.1 Å². The summed E-state index contributed by atoms with van der Waals surface area (Å²) in [6.45, 7) is 0. The van der Waals surface area contributed by atoms with E-state index >= 15 is 0 Å². The molecule has 1 saturated carbocycles. The summed E-state index contributed by atoms with van der Waals surface area (Å²) in [6, 6.07) is 6.98. The lowest BCUT2D eigenvalue weighted by molar-refractivity contribution is -0.487. The highest BCUT2D eigenvalue weighted by Gasteiger charge is 2.62. The van der Waals surface area contributed by atoms with Crippen LogP contribution >= 0.6 is 0 Å². The minimum absolute atomic E-state index is 0.167. The Hall–Kier alpha value is -1.88. The van der Waals surface area contributed by atoms with Crippen LogP contribution in [0.5, 0.6) is 0 Å². The number of hydrogen-bond acceptors (Lipinski definition) is 4. The largest absolute Gasteiger partial charge is 0.623 e. The van der Waals surface area contributed by atoms with Gasteiger partial charge in [0, 0.05) is 11.5 Å². The van der Waals surface area contributed by atoms with Crippen molar-refractivity contribution in [1.82, 2.24) is 0 Å². The second kappa shape index (κ2) is 5.06. The second-order valence-corrected chi connectivity index (χ2v) is 6.97. The molecule has 1 aliphatic heterocycles. The Balaban J connectivity index is 1.94. The van der Waals surface area contributed by atoms with Crippen molar-refractivity contribution < 1.29 is 19.4 Å². The number of aryl methyl sites for hydroxylation is 1. The van der Waals surface area contributed by atoms with Gasteiger partial charge in [-0.15, -0.1) is 0 Å². The van der Waals surface area contributed by atoms with Crippen molar-refractivity contribution in [3.63, 3.8) is 0 Å². The Morgan fingerprint density at radius 1 is 1.39 bits per heavy atom. The van der Waals surface area contributed by atoms with Crippen molar-refractivity contribution >= 4 is 11.7 Å². The molecule has 0 radical (unpaired) electrons. The van der Waals surface area contributed by atoms with Crippen LogP contribution in [0, 0.1) is 17.0 Å². The molecule has 0 amide bonds. The van der Waals surface area contributed by atoms with E-state index in [9.17, 15) is 15.1 Å². The summed E-state index contributed by atoms with van der Waals surface area (Å²) in [6.07, 6.45) is 3.69. The van der Waals surface area contributed by atoms with Crippen LogP contribution in [0.2, 0.25) is 0 Å². The molecule has 1 N–H and O–H groups in total. The number of nitrogens with zero attached hydrogens (tertiary/aromatic N) is 1. The maximum absolute atomic E-state index is 13.0. The van der Waals surface area contributed by atoms with Crippen LogP contribution in [-0.4, -0.2) is 40.3 Å². The first-order chi connectivity index (χ1) is 11.1. The summed E-state index contributed by atoms with van der Waals surface area (Å²) in [4.78, 5) is 12.2. The molecule has 4 rings (SSSR count). The number of ether oxygens (including phenoxy) is 1. The fourth-order valence-corrected chi connectivity index (χ4v) is 4.92. The highest BCUT2D eigenvalue weighted by molar-refractivity contribution is 6.03. The molecule has 1 aromatic carbocycles. The normalized spacial score (nSPS) is 35.3. The van der Waals surface area contributed by atoms with Gasteiger partial charge < -0.3 is 15.1 Å². The summed E-state index contributed by atoms with van der Waals surface area (Å²) in [7, 11) is 1.32. The number of carbonyl (C=O) groups excluding carboxylic acids is 1. The Bertz CT molecular complexity index is 698. The van der Waals surface area contributed by atoms with Crippen LogP contribution in [0.4, 0.5) is 0 Å². The predicted molar refractivity (Wildman–Crippen MR) is 84.1 cm³/mol. The van der Waals surface area contributed by atoms with E-state index < -0.39 is 17.6 Å². The SMILES string of the molecule is COC(=O)[C@@H]1[C@H]2CCC[C@@]3(O)CCc4ccccc4C(=[N+]1[O-])[C@H]23. The van der Waals surface area contributed by atoms with Gasteiger partial charge in [0.15, 0.2) is 0 Å². The summed E-state index contributed by atoms with van der Waals surface area (Å²) < 4.78 is 5.71. The van der Waals surface area contributed by atoms with Gasteiger partial charge in [-0.05, 0) is 43.7 Å². The molecule has 1 heterocycles. The van der Waals surface area contributed by atoms with Crippen molar-refractivity contribution in [2.75, 3.05) is 7.11 Å². The monoisotopic (exact) mass is 315 g/mol. The Kier molecular flexibility index (Phi) is 3.23. The van der Waals surface area contributed by atoms with Gasteiger partial charge in [-0.2, -0.15) is 4.74 Å². The number of hydroxylamine groups is 1. The van der Waals surface area contributed by atoms with Gasteiger partial charge >= 0.3 is 5.97 Å². The van der Waals surface area contributed by atoms with Crippen LogP contribution in [-0.2, 0) is 16.0 Å². The van der Waals surface area contributed by atoms with E-state index in [1.165, 1.54) is 7.11 Å². The fourth-order valence-electron chi connectivity index (χ4n) is 4.92. The van der Waals surface area contributed by atoms with Crippen LogP contribution in [0.3, 0.4) is 0 Å². The van der Waals surface area contributed by atoms with Crippen molar-refractivity contribution in [3.05, 3.63) is 40.6 Å². The number of methoxy groups -OCH3 is 1. The number of rotatable bonds is 1. The minimum atomic E-state index is -0.900. The number of fused-ring (bicyclic) bond motifs is 2. The lowest BCUT2D eigenvalue weighted by Crippen LogP contribution is -2.49. The third-order valence-corrected chi connectivity index (χ3v) is 5.91. The zero-order chi connectivity index (χ0) is 16.2. The topological polar surface area (TPSA) is 72.6 Å². The molecule has 0 unspecified atom stereocenters. The highest BCUT2D eigenvalue weighted by Crippen LogP contribution is 2.49. The van der Waals surface area contributed by atoms with Gasteiger partial charge in [-0.25, -0.2) is 4.79 Å². The van der Waals surface area contributed by atoms with Crippen molar-refractivity contribution in [2.45, 2.75) is 43.7 Å². The number of carbonyl (C=O) groups is 1. The maximum atomic E-state index is 13.0. The molecular weight excluding hydrogens is 294 g/mol. The molecule has 122 valence electrons. The lowest BCUT2D eigenvalue weighted by Gasteiger charge is -2.39. The highest BCUT2D eigenvalue weighted by atomic mass is 16.5. The first-order valence-electron chi connectivity index (χ1n) is 8.28. The first kappa shape index (κ1) is 14.7.